The first-order chi connectivity index (χ1) is 8.66. The van der Waals surface area contributed by atoms with Crippen molar-refractivity contribution in [3.8, 4) is 5.69 Å². The molecule has 1 aromatic carbocycles. The summed E-state index contributed by atoms with van der Waals surface area (Å²) in [6.45, 7) is 4.14. The molecular formula is C13H12N4S. The molecule has 0 fully saturated rings. The number of H-pyrrole nitrogens is 1. The first kappa shape index (κ1) is 11.1. The molecule has 0 radical (unpaired) electrons. The molecule has 3 rings (SSSR count). The van der Waals surface area contributed by atoms with E-state index in [4.69, 9.17) is 12.2 Å². The van der Waals surface area contributed by atoms with Crippen molar-refractivity contribution in [1.29, 1.82) is 0 Å². The Balaban J connectivity index is 2.36. The maximum absolute atomic E-state index is 5.19. The number of rotatable bonds is 1. The molecule has 0 unspecified atom stereocenters. The van der Waals surface area contributed by atoms with E-state index >= 15 is 0 Å². The van der Waals surface area contributed by atoms with Crippen LogP contribution in [0.5, 0.6) is 0 Å². The zero-order chi connectivity index (χ0) is 12.7. The summed E-state index contributed by atoms with van der Waals surface area (Å²) in [5.41, 5.74) is 4.30. The number of benzene rings is 1. The molecule has 0 amide bonds. The highest BCUT2D eigenvalue weighted by Crippen LogP contribution is 2.20. The monoisotopic (exact) mass is 256 g/mol. The van der Waals surface area contributed by atoms with Gasteiger partial charge in [0.05, 0.1) is 23.6 Å². The van der Waals surface area contributed by atoms with Crippen molar-refractivity contribution in [1.82, 2.24) is 19.7 Å². The van der Waals surface area contributed by atoms with Crippen LogP contribution in [0.3, 0.4) is 0 Å². The van der Waals surface area contributed by atoms with Gasteiger partial charge in [-0.15, -0.1) is 0 Å². The number of aromatic nitrogens is 4. The van der Waals surface area contributed by atoms with E-state index < -0.39 is 0 Å². The van der Waals surface area contributed by atoms with Crippen molar-refractivity contribution in [2.24, 2.45) is 0 Å². The smallest absolute Gasteiger partial charge is 0.145 e. The largest absolute Gasteiger partial charge is 0.330 e. The van der Waals surface area contributed by atoms with Gasteiger partial charge < -0.3 is 4.98 Å². The minimum Gasteiger partial charge on any atom is -0.330 e. The molecule has 2 aromatic heterocycles. The lowest BCUT2D eigenvalue weighted by molar-refractivity contribution is 0.885. The maximum atomic E-state index is 5.19. The van der Waals surface area contributed by atoms with Crippen LogP contribution in [0, 0.1) is 18.5 Å². The number of hydrogen-bond donors (Lipinski definition) is 1. The van der Waals surface area contributed by atoms with Crippen LogP contribution in [0.15, 0.2) is 30.7 Å². The van der Waals surface area contributed by atoms with Gasteiger partial charge in [-0.2, -0.15) is 5.10 Å². The van der Waals surface area contributed by atoms with Gasteiger partial charge in [0.15, 0.2) is 0 Å². The third-order valence-corrected chi connectivity index (χ3v) is 3.30. The summed E-state index contributed by atoms with van der Waals surface area (Å²) >= 11 is 5.19. The van der Waals surface area contributed by atoms with Crippen molar-refractivity contribution in [2.45, 2.75) is 13.8 Å². The van der Waals surface area contributed by atoms with Crippen molar-refractivity contribution >= 4 is 23.3 Å². The molecule has 0 saturated heterocycles. The molecule has 18 heavy (non-hydrogen) atoms. The second-order valence-corrected chi connectivity index (χ2v) is 4.70. The van der Waals surface area contributed by atoms with Crippen LogP contribution in [0.25, 0.3) is 16.7 Å². The molecule has 0 aliphatic rings. The predicted molar refractivity (Wildman–Crippen MR) is 73.5 cm³/mol. The SMILES string of the molecule is Cc1ccc(C)c(-n2ncc3c(=S)nc[nH]c32)c1. The molecule has 3 aromatic rings. The van der Waals surface area contributed by atoms with E-state index in [1.807, 2.05) is 4.68 Å². The molecule has 0 aliphatic carbocycles. The van der Waals surface area contributed by atoms with Gasteiger partial charge in [-0.1, -0.05) is 24.4 Å². The molecule has 5 heteroatoms. The molecule has 2 heterocycles. The fourth-order valence-electron chi connectivity index (χ4n) is 2.00. The summed E-state index contributed by atoms with van der Waals surface area (Å²) in [7, 11) is 0. The fourth-order valence-corrected chi connectivity index (χ4v) is 2.20. The van der Waals surface area contributed by atoms with Crippen LogP contribution >= 0.6 is 12.2 Å². The van der Waals surface area contributed by atoms with Gasteiger partial charge in [0.1, 0.15) is 10.3 Å². The number of aromatic amines is 1. The van der Waals surface area contributed by atoms with Gasteiger partial charge in [-0.3, -0.25) is 0 Å². The zero-order valence-electron chi connectivity index (χ0n) is 10.1. The summed E-state index contributed by atoms with van der Waals surface area (Å²) in [6, 6.07) is 6.29. The number of aryl methyl sites for hydroxylation is 2. The molecule has 1 N–H and O–H groups in total. The van der Waals surface area contributed by atoms with Crippen LogP contribution in [-0.2, 0) is 0 Å². The Morgan fingerprint density at radius 1 is 1.28 bits per heavy atom. The van der Waals surface area contributed by atoms with Gasteiger partial charge in [0, 0.05) is 0 Å². The average molecular weight is 256 g/mol. The van der Waals surface area contributed by atoms with Gasteiger partial charge in [0.2, 0.25) is 0 Å². The molecule has 0 spiro atoms. The van der Waals surface area contributed by atoms with E-state index in [-0.39, 0.29) is 0 Å². The number of hydrogen-bond acceptors (Lipinski definition) is 3. The highest BCUT2D eigenvalue weighted by Gasteiger charge is 2.08. The topological polar surface area (TPSA) is 46.5 Å². The molecule has 0 saturated carbocycles. The Kier molecular flexibility index (Phi) is 2.48. The van der Waals surface area contributed by atoms with E-state index in [1.165, 1.54) is 11.1 Å². The Morgan fingerprint density at radius 2 is 2.11 bits per heavy atom. The van der Waals surface area contributed by atoms with Crippen molar-refractivity contribution in [2.75, 3.05) is 0 Å². The quantitative estimate of drug-likeness (QED) is 0.680. The van der Waals surface area contributed by atoms with E-state index in [0.29, 0.717) is 4.64 Å². The van der Waals surface area contributed by atoms with Crippen LogP contribution in [0.2, 0.25) is 0 Å². The summed E-state index contributed by atoms with van der Waals surface area (Å²) in [6.07, 6.45) is 3.36. The summed E-state index contributed by atoms with van der Waals surface area (Å²) in [5.74, 6) is 0. The Morgan fingerprint density at radius 3 is 2.94 bits per heavy atom. The molecule has 4 nitrogen and oxygen atoms in total. The summed E-state index contributed by atoms with van der Waals surface area (Å²) in [5, 5.41) is 5.28. The van der Waals surface area contributed by atoms with Crippen LogP contribution in [0.4, 0.5) is 0 Å². The summed E-state index contributed by atoms with van der Waals surface area (Å²) < 4.78 is 2.44. The van der Waals surface area contributed by atoms with Gasteiger partial charge in [-0.25, -0.2) is 9.67 Å². The lowest BCUT2D eigenvalue weighted by Gasteiger charge is -2.08. The minimum atomic E-state index is 0.570. The van der Waals surface area contributed by atoms with Gasteiger partial charge >= 0.3 is 0 Å². The molecule has 0 atom stereocenters. The zero-order valence-corrected chi connectivity index (χ0v) is 11.0. The normalized spacial score (nSPS) is 11.0. The van der Waals surface area contributed by atoms with Crippen LogP contribution in [-0.4, -0.2) is 19.7 Å². The third-order valence-electron chi connectivity index (χ3n) is 2.98. The fraction of sp³-hybridized carbons (Fsp3) is 0.154. The minimum absolute atomic E-state index is 0.570. The van der Waals surface area contributed by atoms with Crippen LogP contribution < -0.4 is 0 Å². The Labute approximate surface area is 109 Å². The lowest BCUT2D eigenvalue weighted by Crippen LogP contribution is -2.00. The van der Waals surface area contributed by atoms with Crippen molar-refractivity contribution in [3.63, 3.8) is 0 Å². The van der Waals surface area contributed by atoms with Crippen molar-refractivity contribution in [3.05, 3.63) is 46.5 Å². The third kappa shape index (κ3) is 1.64. The van der Waals surface area contributed by atoms with Gasteiger partial charge in [-0.05, 0) is 31.0 Å². The summed E-state index contributed by atoms with van der Waals surface area (Å²) in [4.78, 5) is 7.17. The van der Waals surface area contributed by atoms with Crippen molar-refractivity contribution < 1.29 is 0 Å². The maximum Gasteiger partial charge on any atom is 0.145 e. The number of nitrogens with zero attached hydrogens (tertiary/aromatic N) is 3. The van der Waals surface area contributed by atoms with E-state index in [0.717, 1.165) is 16.7 Å². The number of nitrogens with one attached hydrogen (secondary N) is 1. The Bertz CT molecular complexity index is 785. The second-order valence-electron chi connectivity index (χ2n) is 4.32. The first-order valence-electron chi connectivity index (χ1n) is 5.66. The first-order valence-corrected chi connectivity index (χ1v) is 6.06. The molecule has 0 bridgehead atoms. The lowest BCUT2D eigenvalue weighted by atomic mass is 10.1. The Hall–Kier alpha value is -2.01. The standard InChI is InChI=1S/C13H12N4S/c1-8-3-4-9(2)11(5-8)17-12-10(6-16-17)13(18)15-7-14-12/h3-7H,1-2H3,(H,14,15,18). The molecular weight excluding hydrogens is 244 g/mol. The molecule has 0 aliphatic heterocycles. The highest BCUT2D eigenvalue weighted by atomic mass is 32.1. The highest BCUT2D eigenvalue weighted by molar-refractivity contribution is 7.71. The van der Waals surface area contributed by atoms with Gasteiger partial charge in [0.25, 0.3) is 0 Å². The van der Waals surface area contributed by atoms with E-state index in [9.17, 15) is 0 Å². The van der Waals surface area contributed by atoms with E-state index in [2.05, 4.69) is 47.1 Å². The molecule has 90 valence electrons. The predicted octanol–water partition coefficient (Wildman–Crippen LogP) is 3.09. The second kappa shape index (κ2) is 4.03. The van der Waals surface area contributed by atoms with E-state index in [1.54, 1.807) is 12.5 Å². The van der Waals surface area contributed by atoms with Crippen LogP contribution in [0.1, 0.15) is 11.1 Å². The number of fused-ring (bicyclic) bond motifs is 1. The average Bonchev–Trinajstić information content (AvgIpc) is 2.77.